The third kappa shape index (κ3) is 1.83. The zero-order valence-electron chi connectivity index (χ0n) is 12.1. The first-order valence-corrected chi connectivity index (χ1v) is 6.69. The molecule has 0 amide bonds. The summed E-state index contributed by atoms with van der Waals surface area (Å²) in [5.74, 6) is -1.71. The first-order valence-electron chi connectivity index (χ1n) is 6.69. The van der Waals surface area contributed by atoms with Gasteiger partial charge >= 0.3 is 5.97 Å². The van der Waals surface area contributed by atoms with Crippen LogP contribution in [0, 0.1) is 0 Å². The molecule has 1 N–H and O–H groups in total. The number of carboxylic acids is 1. The van der Waals surface area contributed by atoms with Gasteiger partial charge in [0.15, 0.2) is 11.6 Å². The van der Waals surface area contributed by atoms with E-state index < -0.39 is 5.97 Å². The van der Waals surface area contributed by atoms with Gasteiger partial charge in [-0.05, 0) is 12.1 Å². The molecular formula is C17H13NO4. The van der Waals surface area contributed by atoms with Crippen molar-refractivity contribution in [2.75, 3.05) is 19.0 Å². The van der Waals surface area contributed by atoms with E-state index in [-0.39, 0.29) is 33.9 Å². The zero-order valence-corrected chi connectivity index (χ0v) is 12.1. The van der Waals surface area contributed by atoms with Crippen LogP contribution in [0.5, 0.6) is 0 Å². The van der Waals surface area contributed by atoms with Gasteiger partial charge in [0.25, 0.3) is 0 Å². The Morgan fingerprint density at radius 3 is 2.05 bits per heavy atom. The minimum absolute atomic E-state index is 0.00396. The van der Waals surface area contributed by atoms with Gasteiger partial charge in [0.05, 0.1) is 16.8 Å². The summed E-state index contributed by atoms with van der Waals surface area (Å²) in [6.45, 7) is 0. The van der Waals surface area contributed by atoms with Gasteiger partial charge in [-0.2, -0.15) is 0 Å². The van der Waals surface area contributed by atoms with Gasteiger partial charge in [-0.3, -0.25) is 9.59 Å². The summed E-state index contributed by atoms with van der Waals surface area (Å²) >= 11 is 0. The normalized spacial score (nSPS) is 12.6. The molecule has 0 fully saturated rings. The molecule has 0 atom stereocenters. The first-order chi connectivity index (χ1) is 10.4. The van der Waals surface area contributed by atoms with Crippen molar-refractivity contribution < 1.29 is 19.5 Å². The minimum Gasteiger partial charge on any atom is -0.478 e. The number of ketones is 2. The third-order valence-corrected chi connectivity index (χ3v) is 3.74. The Kier molecular flexibility index (Phi) is 3.06. The maximum Gasteiger partial charge on any atom is 0.337 e. The van der Waals surface area contributed by atoms with Crippen molar-refractivity contribution in [2.24, 2.45) is 0 Å². The number of rotatable bonds is 2. The molecule has 0 saturated heterocycles. The van der Waals surface area contributed by atoms with E-state index in [9.17, 15) is 19.5 Å². The van der Waals surface area contributed by atoms with Gasteiger partial charge in [-0.15, -0.1) is 0 Å². The lowest BCUT2D eigenvalue weighted by Crippen LogP contribution is -2.26. The number of nitrogens with zero attached hydrogens (tertiary/aromatic N) is 1. The second kappa shape index (κ2) is 4.80. The van der Waals surface area contributed by atoms with Crippen LogP contribution in [0.4, 0.5) is 5.69 Å². The predicted molar refractivity (Wildman–Crippen MR) is 81.0 cm³/mol. The van der Waals surface area contributed by atoms with Crippen molar-refractivity contribution in [1.29, 1.82) is 0 Å². The third-order valence-electron chi connectivity index (χ3n) is 3.74. The number of fused-ring (bicyclic) bond motifs is 2. The average Bonchev–Trinajstić information content (AvgIpc) is 2.51. The van der Waals surface area contributed by atoms with Gasteiger partial charge in [0.2, 0.25) is 0 Å². The highest BCUT2D eigenvalue weighted by Crippen LogP contribution is 2.35. The SMILES string of the molecule is CN(C)c1c(C(=O)O)ccc2c1C(=O)c1ccccc1C2=O. The van der Waals surface area contributed by atoms with E-state index in [2.05, 4.69) is 0 Å². The summed E-state index contributed by atoms with van der Waals surface area (Å²) in [5, 5.41) is 9.34. The Labute approximate surface area is 126 Å². The second-order valence-corrected chi connectivity index (χ2v) is 5.29. The van der Waals surface area contributed by atoms with Crippen molar-refractivity contribution in [3.63, 3.8) is 0 Å². The number of benzene rings is 2. The highest BCUT2D eigenvalue weighted by Gasteiger charge is 2.34. The topological polar surface area (TPSA) is 74.7 Å². The molecule has 0 aliphatic heterocycles. The number of aromatic carboxylic acids is 1. The standard InChI is InChI=1S/C17H13NO4/c1-18(2)14-12(17(21)22)8-7-11-13(14)16(20)10-6-4-3-5-9(10)15(11)19/h3-8H,1-2H3,(H,21,22). The molecule has 0 bridgehead atoms. The molecule has 0 unspecified atom stereocenters. The van der Waals surface area contributed by atoms with Crippen LogP contribution in [0.3, 0.4) is 0 Å². The Bertz CT molecular complexity index is 837. The van der Waals surface area contributed by atoms with E-state index in [1.165, 1.54) is 12.1 Å². The quantitative estimate of drug-likeness (QED) is 0.784. The fourth-order valence-corrected chi connectivity index (χ4v) is 2.81. The molecule has 2 aromatic carbocycles. The highest BCUT2D eigenvalue weighted by molar-refractivity contribution is 6.31. The molecule has 2 aromatic rings. The monoisotopic (exact) mass is 295 g/mol. The van der Waals surface area contributed by atoms with E-state index in [0.717, 1.165) is 0 Å². The van der Waals surface area contributed by atoms with Crippen LogP contribution >= 0.6 is 0 Å². The minimum atomic E-state index is -1.13. The molecule has 0 aromatic heterocycles. The molecule has 1 aliphatic rings. The number of hydrogen-bond donors (Lipinski definition) is 1. The summed E-state index contributed by atoms with van der Waals surface area (Å²) in [7, 11) is 3.31. The molecule has 22 heavy (non-hydrogen) atoms. The van der Waals surface area contributed by atoms with Gasteiger partial charge in [0.1, 0.15) is 0 Å². The number of hydrogen-bond acceptors (Lipinski definition) is 4. The zero-order chi connectivity index (χ0) is 16.0. The molecule has 1 aliphatic carbocycles. The van der Waals surface area contributed by atoms with E-state index in [0.29, 0.717) is 11.1 Å². The van der Waals surface area contributed by atoms with Crippen LogP contribution < -0.4 is 4.90 Å². The van der Waals surface area contributed by atoms with Crippen molar-refractivity contribution in [1.82, 2.24) is 0 Å². The van der Waals surface area contributed by atoms with Crippen molar-refractivity contribution in [3.05, 3.63) is 64.2 Å². The molecule has 110 valence electrons. The maximum absolute atomic E-state index is 12.8. The fraction of sp³-hybridized carbons (Fsp3) is 0.118. The van der Waals surface area contributed by atoms with Gasteiger partial charge < -0.3 is 10.0 Å². The molecule has 0 saturated carbocycles. The Balaban J connectivity index is 2.38. The maximum atomic E-state index is 12.8. The lowest BCUT2D eigenvalue weighted by Gasteiger charge is -2.25. The Morgan fingerprint density at radius 2 is 1.50 bits per heavy atom. The molecule has 0 radical (unpaired) electrons. The summed E-state index contributed by atoms with van der Waals surface area (Å²) in [5.41, 5.74) is 1.34. The van der Waals surface area contributed by atoms with Crippen LogP contribution in [0.1, 0.15) is 42.2 Å². The van der Waals surface area contributed by atoms with Crippen molar-refractivity contribution in [2.45, 2.75) is 0 Å². The molecule has 0 heterocycles. The number of carbonyl (C=O) groups excluding carboxylic acids is 2. The van der Waals surface area contributed by atoms with Gasteiger partial charge in [0, 0.05) is 30.8 Å². The molecule has 5 heteroatoms. The smallest absolute Gasteiger partial charge is 0.337 e. The van der Waals surface area contributed by atoms with E-state index >= 15 is 0 Å². The lowest BCUT2D eigenvalue weighted by molar-refractivity contribution is 0.0697. The van der Waals surface area contributed by atoms with Crippen LogP contribution in [0.15, 0.2) is 36.4 Å². The summed E-state index contributed by atoms with van der Waals surface area (Å²) in [6, 6.07) is 9.38. The van der Waals surface area contributed by atoms with Crippen molar-refractivity contribution >= 4 is 23.2 Å². The first kappa shape index (κ1) is 14.0. The molecule has 3 rings (SSSR count). The average molecular weight is 295 g/mol. The second-order valence-electron chi connectivity index (χ2n) is 5.29. The molecule has 5 nitrogen and oxygen atoms in total. The van der Waals surface area contributed by atoms with E-state index in [1.807, 2.05) is 0 Å². The summed E-state index contributed by atoms with van der Waals surface area (Å²) in [4.78, 5) is 38.4. The van der Waals surface area contributed by atoms with Crippen LogP contribution in [-0.4, -0.2) is 36.7 Å². The highest BCUT2D eigenvalue weighted by atomic mass is 16.4. The number of carbonyl (C=O) groups is 3. The molecular weight excluding hydrogens is 282 g/mol. The largest absolute Gasteiger partial charge is 0.478 e. The molecule has 0 spiro atoms. The van der Waals surface area contributed by atoms with E-state index in [1.54, 1.807) is 43.3 Å². The Morgan fingerprint density at radius 1 is 0.909 bits per heavy atom. The fourth-order valence-electron chi connectivity index (χ4n) is 2.81. The van der Waals surface area contributed by atoms with Crippen LogP contribution in [0.2, 0.25) is 0 Å². The number of anilines is 1. The van der Waals surface area contributed by atoms with E-state index in [4.69, 9.17) is 0 Å². The number of carboxylic acid groups (broad SMARTS) is 1. The predicted octanol–water partition coefficient (Wildman–Crippen LogP) is 2.23. The Hall–Kier alpha value is -2.95. The van der Waals surface area contributed by atoms with Crippen LogP contribution in [-0.2, 0) is 0 Å². The van der Waals surface area contributed by atoms with Gasteiger partial charge in [-0.25, -0.2) is 4.79 Å². The summed E-state index contributed by atoms with van der Waals surface area (Å²) < 4.78 is 0. The van der Waals surface area contributed by atoms with Gasteiger partial charge in [-0.1, -0.05) is 24.3 Å². The lowest BCUT2D eigenvalue weighted by atomic mass is 9.82. The van der Waals surface area contributed by atoms with Crippen LogP contribution in [0.25, 0.3) is 0 Å². The van der Waals surface area contributed by atoms with Crippen molar-refractivity contribution in [3.8, 4) is 0 Å². The summed E-state index contributed by atoms with van der Waals surface area (Å²) in [6.07, 6.45) is 0.